The molecular weight excluding hydrogens is 408 g/mol. The maximum Gasteiger partial charge on any atom is 0.263 e. The zero-order valence-electron chi connectivity index (χ0n) is 17.4. The summed E-state index contributed by atoms with van der Waals surface area (Å²) in [7, 11) is 0. The highest BCUT2D eigenvalue weighted by Crippen LogP contribution is 2.24. The molecule has 2 heterocycles. The van der Waals surface area contributed by atoms with Crippen LogP contribution in [0.25, 0.3) is 10.6 Å². The van der Waals surface area contributed by atoms with E-state index in [0.717, 1.165) is 35.9 Å². The quantitative estimate of drug-likeness (QED) is 0.593. The van der Waals surface area contributed by atoms with Gasteiger partial charge in [0.05, 0.1) is 17.3 Å². The average Bonchev–Trinajstić information content (AvgIpc) is 3.28. The Labute approximate surface area is 186 Å². The van der Waals surface area contributed by atoms with E-state index in [0.29, 0.717) is 24.4 Å². The van der Waals surface area contributed by atoms with E-state index in [4.69, 9.17) is 15.0 Å². The highest BCUT2D eigenvalue weighted by molar-refractivity contribution is 7.13. The van der Waals surface area contributed by atoms with Crippen molar-refractivity contribution in [2.24, 2.45) is 0 Å². The van der Waals surface area contributed by atoms with Crippen molar-refractivity contribution < 1.29 is 9.53 Å². The van der Waals surface area contributed by atoms with Crippen LogP contribution in [0.2, 0.25) is 0 Å². The molecule has 158 valence electrons. The van der Waals surface area contributed by atoms with Gasteiger partial charge in [-0.25, -0.2) is 4.98 Å². The van der Waals surface area contributed by atoms with Gasteiger partial charge in [-0.1, -0.05) is 30.3 Å². The van der Waals surface area contributed by atoms with E-state index in [1.54, 1.807) is 42.5 Å². The Kier molecular flexibility index (Phi) is 6.60. The number of amides is 1. The van der Waals surface area contributed by atoms with E-state index < -0.39 is 6.10 Å². The third kappa shape index (κ3) is 5.29. The molecule has 6 nitrogen and oxygen atoms in total. The van der Waals surface area contributed by atoms with Crippen LogP contribution < -0.4 is 4.74 Å². The lowest BCUT2D eigenvalue weighted by molar-refractivity contribution is -0.139. The van der Waals surface area contributed by atoms with Crippen LogP contribution in [0.4, 0.5) is 0 Å². The van der Waals surface area contributed by atoms with Crippen molar-refractivity contribution in [1.82, 2.24) is 14.8 Å². The van der Waals surface area contributed by atoms with Crippen molar-refractivity contribution in [3.8, 4) is 22.4 Å². The molecule has 31 heavy (non-hydrogen) atoms. The van der Waals surface area contributed by atoms with Crippen LogP contribution in [0.5, 0.6) is 5.75 Å². The van der Waals surface area contributed by atoms with Gasteiger partial charge in [-0.3, -0.25) is 9.69 Å². The van der Waals surface area contributed by atoms with E-state index in [1.807, 2.05) is 23.1 Å². The monoisotopic (exact) mass is 432 g/mol. The number of thiazole rings is 1. The lowest BCUT2D eigenvalue weighted by atomic mass is 10.2. The predicted octanol–water partition coefficient (Wildman–Crippen LogP) is 3.79. The molecule has 1 aromatic heterocycles. The first-order valence-corrected chi connectivity index (χ1v) is 11.2. The van der Waals surface area contributed by atoms with Crippen molar-refractivity contribution in [2.75, 3.05) is 26.2 Å². The molecule has 0 radical (unpaired) electrons. The summed E-state index contributed by atoms with van der Waals surface area (Å²) in [6.45, 7) is 5.54. The topological polar surface area (TPSA) is 69.5 Å². The largest absolute Gasteiger partial charge is 0.481 e. The Balaban J connectivity index is 1.26. The molecule has 4 rings (SSSR count). The van der Waals surface area contributed by atoms with Crippen LogP contribution in [0, 0.1) is 11.3 Å². The molecule has 1 atom stereocenters. The second-order valence-electron chi connectivity index (χ2n) is 7.51. The Morgan fingerprint density at radius 1 is 1.13 bits per heavy atom. The number of piperazine rings is 1. The fourth-order valence-electron chi connectivity index (χ4n) is 3.57. The lowest BCUT2D eigenvalue weighted by Crippen LogP contribution is -2.51. The molecule has 7 heteroatoms. The highest BCUT2D eigenvalue weighted by atomic mass is 32.1. The van der Waals surface area contributed by atoms with Crippen LogP contribution in [-0.2, 0) is 11.3 Å². The number of nitrogens with zero attached hydrogens (tertiary/aromatic N) is 4. The predicted molar refractivity (Wildman–Crippen MR) is 121 cm³/mol. The molecule has 3 aromatic rings. The first-order chi connectivity index (χ1) is 15.1. The van der Waals surface area contributed by atoms with E-state index in [9.17, 15) is 4.79 Å². The van der Waals surface area contributed by atoms with Gasteiger partial charge in [0, 0.05) is 43.7 Å². The van der Waals surface area contributed by atoms with Gasteiger partial charge in [-0.2, -0.15) is 5.26 Å². The van der Waals surface area contributed by atoms with Crippen LogP contribution in [-0.4, -0.2) is 53.0 Å². The molecule has 0 bridgehead atoms. The summed E-state index contributed by atoms with van der Waals surface area (Å²) >= 11 is 1.67. The Morgan fingerprint density at radius 3 is 2.52 bits per heavy atom. The summed E-state index contributed by atoms with van der Waals surface area (Å²) in [5.74, 6) is 0.584. The minimum absolute atomic E-state index is 0.0102. The van der Waals surface area contributed by atoms with Gasteiger partial charge in [0.15, 0.2) is 6.10 Å². The molecule has 1 fully saturated rings. The first-order valence-electron chi connectivity index (χ1n) is 10.3. The lowest BCUT2D eigenvalue weighted by Gasteiger charge is -2.35. The molecule has 0 saturated carbocycles. The van der Waals surface area contributed by atoms with E-state index in [1.165, 1.54) is 0 Å². The van der Waals surface area contributed by atoms with Gasteiger partial charge in [0.2, 0.25) is 0 Å². The summed E-state index contributed by atoms with van der Waals surface area (Å²) in [5.41, 5.74) is 2.78. The van der Waals surface area contributed by atoms with Crippen LogP contribution in [0.1, 0.15) is 18.2 Å². The Hall–Kier alpha value is -3.21. The maximum absolute atomic E-state index is 12.8. The molecule has 1 amide bonds. The summed E-state index contributed by atoms with van der Waals surface area (Å²) in [5, 5.41) is 12.0. The Morgan fingerprint density at radius 2 is 1.84 bits per heavy atom. The molecule has 1 aliphatic rings. The van der Waals surface area contributed by atoms with Crippen molar-refractivity contribution in [2.45, 2.75) is 19.6 Å². The molecule has 0 spiro atoms. The van der Waals surface area contributed by atoms with Crippen LogP contribution in [0.15, 0.2) is 60.0 Å². The molecule has 1 aliphatic heterocycles. The Bertz CT molecular complexity index is 1050. The SMILES string of the molecule is CC(Oc1ccc(C#N)cc1)C(=O)N1CCN(Cc2csc(-c3ccccc3)n2)CC1. The number of ether oxygens (including phenoxy) is 1. The number of hydrogen-bond donors (Lipinski definition) is 0. The van der Waals surface area contributed by atoms with Crippen LogP contribution >= 0.6 is 11.3 Å². The van der Waals surface area contributed by atoms with E-state index in [2.05, 4.69) is 28.5 Å². The van der Waals surface area contributed by atoms with Gasteiger partial charge in [-0.05, 0) is 31.2 Å². The van der Waals surface area contributed by atoms with Gasteiger partial charge >= 0.3 is 0 Å². The second-order valence-corrected chi connectivity index (χ2v) is 8.37. The molecule has 1 unspecified atom stereocenters. The second kappa shape index (κ2) is 9.73. The highest BCUT2D eigenvalue weighted by Gasteiger charge is 2.26. The van der Waals surface area contributed by atoms with Gasteiger partial charge in [0.1, 0.15) is 10.8 Å². The number of nitriles is 1. The van der Waals surface area contributed by atoms with Crippen molar-refractivity contribution in [3.63, 3.8) is 0 Å². The minimum Gasteiger partial charge on any atom is -0.481 e. The zero-order chi connectivity index (χ0) is 21.6. The number of hydrogen-bond acceptors (Lipinski definition) is 6. The van der Waals surface area contributed by atoms with E-state index in [-0.39, 0.29) is 5.91 Å². The van der Waals surface area contributed by atoms with Crippen molar-refractivity contribution in [3.05, 3.63) is 71.2 Å². The fourth-order valence-corrected chi connectivity index (χ4v) is 4.39. The molecule has 2 aromatic carbocycles. The number of benzene rings is 2. The molecule has 0 N–H and O–H groups in total. The standard InChI is InChI=1S/C24H24N4O2S/c1-18(30-22-9-7-19(15-25)8-10-22)24(29)28-13-11-27(12-14-28)16-21-17-31-23(26-21)20-5-3-2-4-6-20/h2-10,17-18H,11-14,16H2,1H3. The molecule has 1 saturated heterocycles. The van der Waals surface area contributed by atoms with Gasteiger partial charge in [0.25, 0.3) is 5.91 Å². The smallest absolute Gasteiger partial charge is 0.263 e. The summed E-state index contributed by atoms with van der Waals surface area (Å²) in [6.07, 6.45) is -0.563. The number of carbonyl (C=O) groups is 1. The minimum atomic E-state index is -0.563. The summed E-state index contributed by atoms with van der Waals surface area (Å²) in [4.78, 5) is 21.7. The first kappa shape index (κ1) is 21.0. The van der Waals surface area contributed by atoms with E-state index >= 15 is 0 Å². The summed E-state index contributed by atoms with van der Waals surface area (Å²) < 4.78 is 5.77. The van der Waals surface area contributed by atoms with Gasteiger partial charge in [-0.15, -0.1) is 11.3 Å². The van der Waals surface area contributed by atoms with Crippen LogP contribution in [0.3, 0.4) is 0 Å². The normalized spacial score (nSPS) is 15.3. The third-order valence-electron chi connectivity index (χ3n) is 5.29. The maximum atomic E-state index is 12.8. The molecule has 0 aliphatic carbocycles. The fraction of sp³-hybridized carbons (Fsp3) is 0.292. The number of carbonyl (C=O) groups excluding carboxylic acids is 1. The number of rotatable bonds is 6. The zero-order valence-corrected chi connectivity index (χ0v) is 18.2. The third-order valence-corrected chi connectivity index (χ3v) is 6.23. The molecular formula is C24H24N4O2S. The summed E-state index contributed by atoms with van der Waals surface area (Å²) in [6, 6.07) is 19.1. The van der Waals surface area contributed by atoms with Crippen molar-refractivity contribution in [1.29, 1.82) is 5.26 Å². The average molecular weight is 433 g/mol. The number of aromatic nitrogens is 1. The van der Waals surface area contributed by atoms with Gasteiger partial charge < -0.3 is 9.64 Å². The van der Waals surface area contributed by atoms with Crippen molar-refractivity contribution >= 4 is 17.2 Å².